The van der Waals surface area contributed by atoms with Crippen LogP contribution in [-0.4, -0.2) is 22.1 Å². The van der Waals surface area contributed by atoms with E-state index < -0.39 is 29.3 Å². The summed E-state index contributed by atoms with van der Waals surface area (Å²) in [6, 6.07) is 4.51. The fraction of sp³-hybridized carbons (Fsp3) is 0.238. The van der Waals surface area contributed by atoms with Crippen molar-refractivity contribution in [1.82, 2.24) is 10.1 Å². The number of nitrogens with zero attached hydrogens (tertiary/aromatic N) is 2. The van der Waals surface area contributed by atoms with Gasteiger partial charge in [-0.05, 0) is 37.6 Å². The van der Waals surface area contributed by atoms with Crippen LogP contribution in [0.3, 0.4) is 0 Å². The third kappa shape index (κ3) is 3.51. The summed E-state index contributed by atoms with van der Waals surface area (Å²) in [5, 5.41) is 6.53. The van der Waals surface area contributed by atoms with Gasteiger partial charge in [0.1, 0.15) is 11.6 Å². The van der Waals surface area contributed by atoms with E-state index in [0.717, 1.165) is 18.2 Å². The van der Waals surface area contributed by atoms with Crippen LogP contribution in [0.2, 0.25) is 0 Å². The second kappa shape index (κ2) is 7.47. The number of aromatic nitrogens is 1. The molecule has 0 saturated heterocycles. The largest absolute Gasteiger partial charge is 0.356 e. The van der Waals surface area contributed by atoms with E-state index in [2.05, 4.69) is 10.5 Å². The molecule has 0 radical (unpaired) electrons. The summed E-state index contributed by atoms with van der Waals surface area (Å²) in [5.74, 6) is -3.44. The Kier molecular flexibility index (Phi) is 4.97. The summed E-state index contributed by atoms with van der Waals surface area (Å²) in [6.45, 7) is 3.25. The number of amides is 2. The monoisotopic (exact) mass is 419 g/mol. The molecule has 0 bridgehead atoms. The summed E-state index contributed by atoms with van der Waals surface area (Å²) >= 11 is 0. The minimum atomic E-state index is -1.06. The molecule has 3 aromatic rings. The minimum Gasteiger partial charge on any atom is -0.356 e. The lowest BCUT2D eigenvalue weighted by atomic mass is 9.97. The fourth-order valence-corrected chi connectivity index (χ4v) is 3.53. The molecule has 1 aliphatic heterocycles. The van der Waals surface area contributed by atoms with E-state index in [1.807, 2.05) is 0 Å². The van der Waals surface area contributed by atoms with Gasteiger partial charge in [0, 0.05) is 35.8 Å². The SMILES string of the molecule is Cc1cc(NC(=O)N2Cc3c(noc3-c3ccc(F)cc3F)CC2C)cc(F)c1F. The molecule has 156 valence electrons. The Hall–Kier alpha value is -3.36. The van der Waals surface area contributed by atoms with Crippen molar-refractivity contribution in [3.05, 3.63) is 70.4 Å². The molecule has 1 aliphatic rings. The van der Waals surface area contributed by atoms with Crippen LogP contribution in [0.1, 0.15) is 23.7 Å². The van der Waals surface area contributed by atoms with E-state index in [1.54, 1.807) is 6.92 Å². The molecule has 0 saturated carbocycles. The third-order valence-corrected chi connectivity index (χ3v) is 5.12. The molecule has 2 aromatic carbocycles. The van der Waals surface area contributed by atoms with Gasteiger partial charge in [0.2, 0.25) is 0 Å². The molecule has 2 heterocycles. The van der Waals surface area contributed by atoms with Crippen molar-refractivity contribution in [3.63, 3.8) is 0 Å². The molecule has 9 heteroatoms. The molecule has 0 spiro atoms. The number of anilines is 1. The maximum Gasteiger partial charge on any atom is 0.322 e. The number of carbonyl (C=O) groups is 1. The van der Waals surface area contributed by atoms with E-state index >= 15 is 0 Å². The van der Waals surface area contributed by atoms with Crippen molar-refractivity contribution in [1.29, 1.82) is 0 Å². The highest BCUT2D eigenvalue weighted by Gasteiger charge is 2.33. The summed E-state index contributed by atoms with van der Waals surface area (Å²) in [6.07, 6.45) is 0.353. The molecule has 0 fully saturated rings. The van der Waals surface area contributed by atoms with Crippen molar-refractivity contribution >= 4 is 11.7 Å². The second-order valence-corrected chi connectivity index (χ2v) is 7.26. The van der Waals surface area contributed by atoms with Gasteiger partial charge in [-0.1, -0.05) is 5.16 Å². The normalized spacial score (nSPS) is 15.8. The fourth-order valence-electron chi connectivity index (χ4n) is 3.53. The third-order valence-electron chi connectivity index (χ3n) is 5.12. The van der Waals surface area contributed by atoms with E-state index in [1.165, 1.54) is 24.0 Å². The van der Waals surface area contributed by atoms with Crippen molar-refractivity contribution in [2.75, 3.05) is 5.32 Å². The van der Waals surface area contributed by atoms with Crippen LogP contribution in [0.4, 0.5) is 28.0 Å². The predicted octanol–water partition coefficient (Wildman–Crippen LogP) is 5.19. The standard InChI is InChI=1S/C21H17F4N3O2/c1-10-5-13(8-17(24)19(10)25)26-21(29)28-9-15-18(6-11(28)2)27-30-20(15)14-4-3-12(22)7-16(14)23/h3-5,7-8,11H,6,9H2,1-2H3,(H,26,29). The van der Waals surface area contributed by atoms with Crippen molar-refractivity contribution in [2.24, 2.45) is 0 Å². The molecule has 1 unspecified atom stereocenters. The van der Waals surface area contributed by atoms with E-state index in [9.17, 15) is 22.4 Å². The average molecular weight is 419 g/mol. The lowest BCUT2D eigenvalue weighted by molar-refractivity contribution is 0.182. The van der Waals surface area contributed by atoms with Gasteiger partial charge in [0.25, 0.3) is 0 Å². The van der Waals surface area contributed by atoms with Crippen LogP contribution in [0.15, 0.2) is 34.9 Å². The lowest BCUT2D eigenvalue weighted by Gasteiger charge is -2.32. The minimum absolute atomic E-state index is 0.0382. The predicted molar refractivity (Wildman–Crippen MR) is 101 cm³/mol. The Bertz CT molecular complexity index is 1120. The first-order chi connectivity index (χ1) is 14.2. The summed E-state index contributed by atoms with van der Waals surface area (Å²) < 4.78 is 59.9. The Morgan fingerprint density at radius 2 is 1.93 bits per heavy atom. The molecule has 2 amide bonds. The van der Waals surface area contributed by atoms with Gasteiger partial charge in [0.15, 0.2) is 17.4 Å². The van der Waals surface area contributed by atoms with Crippen molar-refractivity contribution in [2.45, 2.75) is 32.9 Å². The first-order valence-corrected chi connectivity index (χ1v) is 9.20. The maximum absolute atomic E-state index is 14.2. The zero-order valence-electron chi connectivity index (χ0n) is 16.1. The zero-order chi connectivity index (χ0) is 21.6. The molecule has 4 rings (SSSR count). The van der Waals surface area contributed by atoms with Gasteiger partial charge in [-0.2, -0.15) is 0 Å². The lowest BCUT2D eigenvalue weighted by Crippen LogP contribution is -2.44. The van der Waals surface area contributed by atoms with E-state index in [4.69, 9.17) is 4.52 Å². The van der Waals surface area contributed by atoms with E-state index in [0.29, 0.717) is 17.7 Å². The van der Waals surface area contributed by atoms with Gasteiger partial charge >= 0.3 is 6.03 Å². The Morgan fingerprint density at radius 3 is 2.63 bits per heavy atom. The van der Waals surface area contributed by atoms with Crippen molar-refractivity contribution in [3.8, 4) is 11.3 Å². The number of hydrogen-bond donors (Lipinski definition) is 1. The molecule has 0 aliphatic carbocycles. The molecular weight excluding hydrogens is 402 g/mol. The van der Waals surface area contributed by atoms with Gasteiger partial charge in [-0.3, -0.25) is 0 Å². The van der Waals surface area contributed by atoms with Crippen LogP contribution in [0, 0.1) is 30.2 Å². The number of rotatable bonds is 2. The molecule has 1 atom stereocenters. The molecule has 1 N–H and O–H groups in total. The van der Waals surface area contributed by atoms with Crippen molar-refractivity contribution < 1.29 is 26.9 Å². The van der Waals surface area contributed by atoms with Crippen LogP contribution in [0.5, 0.6) is 0 Å². The molecular formula is C21H17F4N3O2. The highest BCUT2D eigenvalue weighted by molar-refractivity contribution is 5.90. The molecule has 30 heavy (non-hydrogen) atoms. The second-order valence-electron chi connectivity index (χ2n) is 7.26. The van der Waals surface area contributed by atoms with E-state index in [-0.39, 0.29) is 35.2 Å². The number of nitrogens with one attached hydrogen (secondary N) is 1. The zero-order valence-corrected chi connectivity index (χ0v) is 16.1. The van der Waals surface area contributed by atoms with Crippen LogP contribution < -0.4 is 5.32 Å². The highest BCUT2D eigenvalue weighted by Crippen LogP contribution is 2.34. The first kappa shape index (κ1) is 19.9. The maximum atomic E-state index is 14.2. The van der Waals surface area contributed by atoms with Gasteiger partial charge < -0.3 is 14.7 Å². The topological polar surface area (TPSA) is 58.4 Å². The van der Waals surface area contributed by atoms with Gasteiger partial charge in [-0.25, -0.2) is 22.4 Å². The summed E-state index contributed by atoms with van der Waals surface area (Å²) in [4.78, 5) is 14.3. The number of carbonyl (C=O) groups excluding carboxylic acids is 1. The number of benzene rings is 2. The smallest absolute Gasteiger partial charge is 0.322 e. The number of urea groups is 1. The average Bonchev–Trinajstić information content (AvgIpc) is 3.07. The summed E-state index contributed by atoms with van der Waals surface area (Å²) in [5.41, 5.74) is 1.30. The summed E-state index contributed by atoms with van der Waals surface area (Å²) in [7, 11) is 0. The molecule has 5 nitrogen and oxygen atoms in total. The van der Waals surface area contributed by atoms with Crippen LogP contribution in [-0.2, 0) is 13.0 Å². The van der Waals surface area contributed by atoms with Crippen LogP contribution in [0.25, 0.3) is 11.3 Å². The number of aryl methyl sites for hydroxylation is 1. The van der Waals surface area contributed by atoms with Gasteiger partial charge in [-0.15, -0.1) is 0 Å². The number of hydrogen-bond acceptors (Lipinski definition) is 3. The van der Waals surface area contributed by atoms with Crippen LogP contribution >= 0.6 is 0 Å². The first-order valence-electron chi connectivity index (χ1n) is 9.20. The quantitative estimate of drug-likeness (QED) is 0.582. The number of halogens is 4. The Labute approximate surface area is 169 Å². The Balaban J connectivity index is 1.61. The Morgan fingerprint density at radius 1 is 1.17 bits per heavy atom. The molecule has 1 aromatic heterocycles. The van der Waals surface area contributed by atoms with Gasteiger partial charge in [0.05, 0.1) is 17.8 Å². The number of fused-ring (bicyclic) bond motifs is 1. The highest BCUT2D eigenvalue weighted by atomic mass is 19.2.